The molecule has 2 aromatic carbocycles. The summed E-state index contributed by atoms with van der Waals surface area (Å²) in [6.45, 7) is 1.94. The van der Waals surface area contributed by atoms with Crippen LogP contribution in [0.25, 0.3) is 27.9 Å². The second kappa shape index (κ2) is 8.76. The molecule has 0 aliphatic heterocycles. The van der Waals surface area contributed by atoms with E-state index in [2.05, 4.69) is 25.5 Å². The number of para-hydroxylation sites is 1. The van der Waals surface area contributed by atoms with E-state index >= 15 is 0 Å². The van der Waals surface area contributed by atoms with E-state index in [9.17, 15) is 4.79 Å². The Hall–Kier alpha value is -4.24. The normalized spacial score (nSPS) is 14.2. The Morgan fingerprint density at radius 2 is 1.92 bits per heavy atom. The van der Waals surface area contributed by atoms with Gasteiger partial charge in [0, 0.05) is 17.3 Å². The SMILES string of the molecule is CC(Nc1ncnc(N)c1-c1nnc(C2CC2)o1)c1cc2cccc(Cl)c2c(=O)n1-c1ccccc1. The summed E-state index contributed by atoms with van der Waals surface area (Å²) in [7, 11) is 0. The van der Waals surface area contributed by atoms with Crippen LogP contribution in [0.4, 0.5) is 11.6 Å². The number of nitrogen functional groups attached to an aromatic ring is 1. The molecule has 3 aromatic heterocycles. The third-order valence-electron chi connectivity index (χ3n) is 6.29. The van der Waals surface area contributed by atoms with Crippen LogP contribution in [0.3, 0.4) is 0 Å². The lowest BCUT2D eigenvalue weighted by molar-refractivity contribution is 0.508. The Balaban J connectivity index is 1.47. The van der Waals surface area contributed by atoms with Crippen molar-refractivity contribution in [1.29, 1.82) is 0 Å². The summed E-state index contributed by atoms with van der Waals surface area (Å²) in [4.78, 5) is 22.3. The molecule has 0 spiro atoms. The van der Waals surface area contributed by atoms with E-state index in [0.717, 1.165) is 23.9 Å². The van der Waals surface area contributed by atoms with Crippen LogP contribution in [0.15, 0.2) is 70.1 Å². The highest BCUT2D eigenvalue weighted by molar-refractivity contribution is 6.35. The fourth-order valence-electron chi connectivity index (χ4n) is 4.33. The number of halogens is 1. The van der Waals surface area contributed by atoms with E-state index in [-0.39, 0.29) is 23.3 Å². The van der Waals surface area contributed by atoms with E-state index in [1.165, 1.54) is 6.33 Å². The minimum Gasteiger partial charge on any atom is -0.420 e. The van der Waals surface area contributed by atoms with Gasteiger partial charge in [0.2, 0.25) is 5.89 Å². The summed E-state index contributed by atoms with van der Waals surface area (Å²) >= 11 is 6.43. The monoisotopic (exact) mass is 499 g/mol. The summed E-state index contributed by atoms with van der Waals surface area (Å²) in [5, 5.41) is 13.4. The van der Waals surface area contributed by atoms with Crippen LogP contribution < -0.4 is 16.6 Å². The molecule has 1 atom stereocenters. The zero-order chi connectivity index (χ0) is 24.8. The first-order valence-corrected chi connectivity index (χ1v) is 12.0. The van der Waals surface area contributed by atoms with Crippen molar-refractivity contribution in [2.45, 2.75) is 31.7 Å². The van der Waals surface area contributed by atoms with Crippen LogP contribution in [0.1, 0.15) is 43.3 Å². The first kappa shape index (κ1) is 22.2. The van der Waals surface area contributed by atoms with Gasteiger partial charge in [-0.25, -0.2) is 9.97 Å². The molecule has 5 aromatic rings. The quantitative estimate of drug-likeness (QED) is 0.330. The van der Waals surface area contributed by atoms with Crippen molar-refractivity contribution in [2.24, 2.45) is 0 Å². The number of hydrogen-bond donors (Lipinski definition) is 2. The predicted octanol–water partition coefficient (Wildman–Crippen LogP) is 5.12. The lowest BCUT2D eigenvalue weighted by Gasteiger charge is -2.22. The van der Waals surface area contributed by atoms with Gasteiger partial charge < -0.3 is 15.5 Å². The number of fused-ring (bicyclic) bond motifs is 1. The summed E-state index contributed by atoms with van der Waals surface area (Å²) in [5.74, 6) is 1.81. The first-order valence-electron chi connectivity index (χ1n) is 11.6. The number of nitrogens with zero attached hydrogens (tertiary/aromatic N) is 5. The van der Waals surface area contributed by atoms with Gasteiger partial charge in [-0.15, -0.1) is 10.2 Å². The molecule has 0 bridgehead atoms. The average molecular weight is 500 g/mol. The highest BCUT2D eigenvalue weighted by Gasteiger charge is 2.31. The van der Waals surface area contributed by atoms with Gasteiger partial charge in [0.05, 0.1) is 16.5 Å². The van der Waals surface area contributed by atoms with Crippen LogP contribution in [-0.4, -0.2) is 24.7 Å². The van der Waals surface area contributed by atoms with Gasteiger partial charge in [-0.2, -0.15) is 0 Å². The Morgan fingerprint density at radius 1 is 1.11 bits per heavy atom. The molecule has 36 heavy (non-hydrogen) atoms. The second-order valence-electron chi connectivity index (χ2n) is 8.82. The smallest absolute Gasteiger partial charge is 0.264 e. The number of rotatable bonds is 6. The van der Waals surface area contributed by atoms with Gasteiger partial charge in [-0.3, -0.25) is 9.36 Å². The van der Waals surface area contributed by atoms with Gasteiger partial charge in [-0.05, 0) is 49.4 Å². The van der Waals surface area contributed by atoms with Crippen LogP contribution in [-0.2, 0) is 0 Å². The molecule has 0 radical (unpaired) electrons. The average Bonchev–Trinajstić information content (AvgIpc) is 3.62. The highest BCUT2D eigenvalue weighted by Crippen LogP contribution is 2.41. The maximum absolute atomic E-state index is 13.7. The van der Waals surface area contributed by atoms with Gasteiger partial charge >= 0.3 is 0 Å². The summed E-state index contributed by atoms with van der Waals surface area (Å²) in [5.41, 5.74) is 7.88. The molecule has 1 saturated carbocycles. The van der Waals surface area contributed by atoms with Gasteiger partial charge in [0.15, 0.2) is 0 Å². The fraction of sp³-hybridized carbons (Fsp3) is 0.192. The Labute approximate surface area is 211 Å². The lowest BCUT2D eigenvalue weighted by atomic mass is 10.1. The van der Waals surface area contributed by atoms with Crippen molar-refractivity contribution < 1.29 is 4.42 Å². The molecule has 1 aliphatic carbocycles. The number of hydrogen-bond acceptors (Lipinski definition) is 8. The standard InChI is InChI=1S/C26H22ClN7O2/c1-14(31-23-21(22(28)29-13-30-23)25-33-32-24(36-25)15-10-11-15)19-12-16-6-5-9-18(27)20(16)26(35)34(19)17-7-3-2-4-8-17/h2-9,12-15H,10-11H2,1H3,(H3,28,29,30,31). The number of anilines is 2. The molecular weight excluding hydrogens is 478 g/mol. The van der Waals surface area contributed by atoms with Gasteiger partial charge in [0.1, 0.15) is 23.5 Å². The molecule has 1 aliphatic rings. The molecule has 10 heteroatoms. The van der Waals surface area contributed by atoms with Crippen LogP contribution in [0, 0.1) is 0 Å². The molecule has 1 unspecified atom stereocenters. The van der Waals surface area contributed by atoms with Crippen molar-refractivity contribution in [3.05, 3.63) is 87.9 Å². The van der Waals surface area contributed by atoms with Crippen molar-refractivity contribution in [3.8, 4) is 17.1 Å². The van der Waals surface area contributed by atoms with Crippen molar-refractivity contribution in [1.82, 2.24) is 24.7 Å². The maximum atomic E-state index is 13.7. The summed E-state index contributed by atoms with van der Waals surface area (Å²) in [6, 6.07) is 16.4. The highest BCUT2D eigenvalue weighted by atomic mass is 35.5. The molecule has 0 saturated heterocycles. The van der Waals surface area contributed by atoms with E-state index in [1.807, 2.05) is 55.5 Å². The van der Waals surface area contributed by atoms with Crippen LogP contribution in [0.5, 0.6) is 0 Å². The van der Waals surface area contributed by atoms with E-state index in [0.29, 0.717) is 39.3 Å². The topological polar surface area (TPSA) is 125 Å². The Morgan fingerprint density at radius 3 is 2.69 bits per heavy atom. The lowest BCUT2D eigenvalue weighted by Crippen LogP contribution is -2.26. The number of nitrogens with one attached hydrogen (secondary N) is 1. The fourth-order valence-corrected chi connectivity index (χ4v) is 4.59. The van der Waals surface area contributed by atoms with E-state index in [4.69, 9.17) is 21.8 Å². The predicted molar refractivity (Wildman–Crippen MR) is 138 cm³/mol. The van der Waals surface area contributed by atoms with Gasteiger partial charge in [-0.1, -0.05) is 41.9 Å². The number of pyridine rings is 1. The third-order valence-corrected chi connectivity index (χ3v) is 6.61. The first-order chi connectivity index (χ1) is 17.5. The number of benzene rings is 2. The van der Waals surface area contributed by atoms with Crippen molar-refractivity contribution in [2.75, 3.05) is 11.1 Å². The van der Waals surface area contributed by atoms with Gasteiger partial charge in [0.25, 0.3) is 11.4 Å². The second-order valence-corrected chi connectivity index (χ2v) is 9.22. The molecule has 9 nitrogen and oxygen atoms in total. The van der Waals surface area contributed by atoms with E-state index < -0.39 is 0 Å². The number of aromatic nitrogens is 5. The van der Waals surface area contributed by atoms with Crippen LogP contribution in [0.2, 0.25) is 5.02 Å². The molecular formula is C26H22ClN7O2. The minimum absolute atomic E-state index is 0.207. The molecule has 1 fully saturated rings. The molecule has 0 amide bonds. The summed E-state index contributed by atoms with van der Waals surface area (Å²) < 4.78 is 7.55. The maximum Gasteiger partial charge on any atom is 0.264 e. The number of nitrogens with two attached hydrogens (primary N) is 1. The largest absolute Gasteiger partial charge is 0.420 e. The Bertz CT molecular complexity index is 1640. The zero-order valence-electron chi connectivity index (χ0n) is 19.4. The molecule has 6 rings (SSSR count). The summed E-state index contributed by atoms with van der Waals surface area (Å²) in [6.07, 6.45) is 3.44. The molecule has 3 heterocycles. The van der Waals surface area contributed by atoms with E-state index in [1.54, 1.807) is 10.6 Å². The zero-order valence-corrected chi connectivity index (χ0v) is 20.1. The third kappa shape index (κ3) is 3.87. The van der Waals surface area contributed by atoms with Crippen molar-refractivity contribution in [3.63, 3.8) is 0 Å². The Kier molecular flexibility index (Phi) is 5.41. The van der Waals surface area contributed by atoms with Crippen molar-refractivity contribution >= 4 is 34.0 Å². The van der Waals surface area contributed by atoms with Crippen LogP contribution >= 0.6 is 11.6 Å². The molecule has 180 valence electrons. The molecule has 3 N–H and O–H groups in total. The minimum atomic E-state index is -0.375.